The van der Waals surface area contributed by atoms with Crippen molar-refractivity contribution in [3.05, 3.63) is 29.6 Å². The second-order valence-corrected chi connectivity index (χ2v) is 3.46. The van der Waals surface area contributed by atoms with Gasteiger partial charge in [0.2, 0.25) is 0 Å². The third kappa shape index (κ3) is 3.85. The summed E-state index contributed by atoms with van der Waals surface area (Å²) in [6, 6.07) is 4.67. The third-order valence-corrected chi connectivity index (χ3v) is 2.07. The highest BCUT2D eigenvalue weighted by molar-refractivity contribution is 5.29. The number of benzene rings is 1. The number of aryl methyl sites for hydroxylation is 1. The van der Waals surface area contributed by atoms with E-state index in [1.165, 1.54) is 6.07 Å². The van der Waals surface area contributed by atoms with Gasteiger partial charge >= 0.3 is 0 Å². The molecule has 0 aliphatic rings. The molecule has 1 atom stereocenters. The van der Waals surface area contributed by atoms with E-state index in [-0.39, 0.29) is 24.7 Å². The smallest absolute Gasteiger partial charge is 0.165 e. The van der Waals surface area contributed by atoms with Crippen LogP contribution in [0.25, 0.3) is 0 Å². The fourth-order valence-corrected chi connectivity index (χ4v) is 1.14. The molecule has 0 saturated heterocycles. The first-order chi connectivity index (χ1) is 7.13. The van der Waals surface area contributed by atoms with Crippen LogP contribution < -0.4 is 10.5 Å². The van der Waals surface area contributed by atoms with E-state index in [1.54, 1.807) is 12.1 Å². The molecule has 0 radical (unpaired) electrons. The molecule has 0 aliphatic carbocycles. The summed E-state index contributed by atoms with van der Waals surface area (Å²) in [5.41, 5.74) is 6.16. The van der Waals surface area contributed by atoms with Crippen LogP contribution in [0.15, 0.2) is 18.2 Å². The van der Waals surface area contributed by atoms with Crippen LogP contribution in [-0.2, 0) is 0 Å². The van der Waals surface area contributed by atoms with E-state index in [0.29, 0.717) is 6.42 Å². The second-order valence-electron chi connectivity index (χ2n) is 3.46. The number of ether oxygens (including phenoxy) is 1. The highest BCUT2D eigenvalue weighted by atomic mass is 19.1. The van der Waals surface area contributed by atoms with E-state index < -0.39 is 6.10 Å². The molecule has 0 fully saturated rings. The zero-order valence-electron chi connectivity index (χ0n) is 8.74. The Bertz CT molecular complexity index is 317. The summed E-state index contributed by atoms with van der Waals surface area (Å²) in [6.07, 6.45) is -0.179. The van der Waals surface area contributed by atoms with Gasteiger partial charge in [0.15, 0.2) is 11.6 Å². The summed E-state index contributed by atoms with van der Waals surface area (Å²) in [4.78, 5) is 0. The lowest BCUT2D eigenvalue weighted by atomic mass is 10.2. The lowest BCUT2D eigenvalue weighted by Gasteiger charge is -2.10. The van der Waals surface area contributed by atoms with Gasteiger partial charge in [0.25, 0.3) is 0 Å². The third-order valence-electron chi connectivity index (χ3n) is 2.07. The Morgan fingerprint density at radius 1 is 1.53 bits per heavy atom. The molecule has 1 unspecified atom stereocenters. The lowest BCUT2D eigenvalue weighted by Crippen LogP contribution is -2.22. The Morgan fingerprint density at radius 2 is 2.27 bits per heavy atom. The van der Waals surface area contributed by atoms with Gasteiger partial charge in [0.05, 0.1) is 12.7 Å². The molecule has 1 rings (SSSR count). The predicted octanol–water partition coefficient (Wildman–Crippen LogP) is 1.22. The molecule has 84 valence electrons. The van der Waals surface area contributed by atoms with Crippen molar-refractivity contribution in [1.29, 1.82) is 0 Å². The van der Waals surface area contributed by atoms with Crippen LogP contribution in [0.1, 0.15) is 12.0 Å². The largest absolute Gasteiger partial charge is 0.490 e. The average Bonchev–Trinajstić information content (AvgIpc) is 2.23. The van der Waals surface area contributed by atoms with Gasteiger partial charge in [-0.05, 0) is 24.6 Å². The van der Waals surface area contributed by atoms with Gasteiger partial charge in [0.1, 0.15) is 0 Å². The quantitative estimate of drug-likeness (QED) is 0.773. The maximum atomic E-state index is 13.2. The maximum absolute atomic E-state index is 13.2. The Morgan fingerprint density at radius 3 is 2.93 bits per heavy atom. The molecule has 0 heterocycles. The zero-order chi connectivity index (χ0) is 11.3. The SMILES string of the molecule is Cc1ccc(F)c(OCCC(O)CN)c1. The molecule has 3 N–H and O–H groups in total. The van der Waals surface area contributed by atoms with Crippen molar-refractivity contribution in [2.24, 2.45) is 5.73 Å². The van der Waals surface area contributed by atoms with Crippen molar-refractivity contribution in [3.8, 4) is 5.75 Å². The fraction of sp³-hybridized carbons (Fsp3) is 0.455. The van der Waals surface area contributed by atoms with E-state index in [4.69, 9.17) is 15.6 Å². The number of halogens is 1. The Kier molecular flexibility index (Phi) is 4.52. The molecule has 3 nitrogen and oxygen atoms in total. The fourth-order valence-electron chi connectivity index (χ4n) is 1.14. The van der Waals surface area contributed by atoms with Crippen LogP contribution in [0, 0.1) is 12.7 Å². The summed E-state index contributed by atoms with van der Waals surface area (Å²) in [6.45, 7) is 2.32. The minimum absolute atomic E-state index is 0.194. The minimum Gasteiger partial charge on any atom is -0.490 e. The number of rotatable bonds is 5. The molecule has 0 aliphatic heterocycles. The van der Waals surface area contributed by atoms with Crippen LogP contribution in [-0.4, -0.2) is 24.4 Å². The number of nitrogens with two attached hydrogens (primary N) is 1. The summed E-state index contributed by atoms with van der Waals surface area (Å²) in [5, 5.41) is 9.16. The minimum atomic E-state index is -0.585. The van der Waals surface area contributed by atoms with Gasteiger partial charge in [-0.1, -0.05) is 6.07 Å². The first-order valence-electron chi connectivity index (χ1n) is 4.90. The first kappa shape index (κ1) is 11.9. The topological polar surface area (TPSA) is 55.5 Å². The van der Waals surface area contributed by atoms with Gasteiger partial charge in [-0.25, -0.2) is 4.39 Å². The van der Waals surface area contributed by atoms with Gasteiger partial charge in [-0.15, -0.1) is 0 Å². The molecule has 15 heavy (non-hydrogen) atoms. The Hall–Kier alpha value is -1.13. The van der Waals surface area contributed by atoms with Crippen molar-refractivity contribution in [2.75, 3.05) is 13.2 Å². The number of aliphatic hydroxyl groups excluding tert-OH is 1. The summed E-state index contributed by atoms with van der Waals surface area (Å²) in [5.74, 6) is -0.165. The maximum Gasteiger partial charge on any atom is 0.165 e. The van der Waals surface area contributed by atoms with Crippen molar-refractivity contribution in [2.45, 2.75) is 19.4 Å². The average molecular weight is 213 g/mol. The Balaban J connectivity index is 2.46. The van der Waals surface area contributed by atoms with Crippen LogP contribution in [0.3, 0.4) is 0 Å². The zero-order valence-corrected chi connectivity index (χ0v) is 8.74. The van der Waals surface area contributed by atoms with E-state index >= 15 is 0 Å². The Labute approximate surface area is 88.7 Å². The van der Waals surface area contributed by atoms with Gasteiger partial charge in [0, 0.05) is 13.0 Å². The van der Waals surface area contributed by atoms with Crippen LogP contribution in [0.2, 0.25) is 0 Å². The highest BCUT2D eigenvalue weighted by Crippen LogP contribution is 2.18. The van der Waals surface area contributed by atoms with E-state index in [0.717, 1.165) is 5.56 Å². The van der Waals surface area contributed by atoms with Crippen molar-refractivity contribution >= 4 is 0 Å². The molecule has 0 bridgehead atoms. The van der Waals surface area contributed by atoms with E-state index in [2.05, 4.69) is 0 Å². The number of aliphatic hydroxyl groups is 1. The summed E-state index contributed by atoms with van der Waals surface area (Å²) in [7, 11) is 0. The summed E-state index contributed by atoms with van der Waals surface area (Å²) < 4.78 is 18.4. The normalized spacial score (nSPS) is 12.5. The molecule has 0 aromatic heterocycles. The molecular weight excluding hydrogens is 197 g/mol. The highest BCUT2D eigenvalue weighted by Gasteiger charge is 2.05. The van der Waals surface area contributed by atoms with E-state index in [9.17, 15) is 4.39 Å². The monoisotopic (exact) mass is 213 g/mol. The van der Waals surface area contributed by atoms with Crippen molar-refractivity contribution < 1.29 is 14.2 Å². The lowest BCUT2D eigenvalue weighted by molar-refractivity contribution is 0.144. The summed E-state index contributed by atoms with van der Waals surface area (Å²) >= 11 is 0. The molecule has 1 aromatic carbocycles. The van der Waals surface area contributed by atoms with Gasteiger partial charge in [-0.2, -0.15) is 0 Å². The van der Waals surface area contributed by atoms with Crippen LogP contribution in [0.5, 0.6) is 5.75 Å². The molecule has 0 amide bonds. The van der Waals surface area contributed by atoms with E-state index in [1.807, 2.05) is 6.92 Å². The van der Waals surface area contributed by atoms with Crippen LogP contribution >= 0.6 is 0 Å². The number of hydrogen-bond donors (Lipinski definition) is 2. The van der Waals surface area contributed by atoms with Gasteiger partial charge < -0.3 is 15.6 Å². The molecule has 0 spiro atoms. The predicted molar refractivity (Wildman–Crippen MR) is 56.3 cm³/mol. The molecule has 0 saturated carbocycles. The number of hydrogen-bond acceptors (Lipinski definition) is 3. The van der Waals surface area contributed by atoms with Crippen LogP contribution in [0.4, 0.5) is 4.39 Å². The van der Waals surface area contributed by atoms with Crippen molar-refractivity contribution in [3.63, 3.8) is 0 Å². The molecule has 1 aromatic rings. The van der Waals surface area contributed by atoms with Gasteiger partial charge in [-0.3, -0.25) is 0 Å². The first-order valence-corrected chi connectivity index (χ1v) is 4.90. The van der Waals surface area contributed by atoms with Crippen molar-refractivity contribution in [1.82, 2.24) is 0 Å². The standard InChI is InChI=1S/C11H16FNO2/c1-8-2-3-10(12)11(6-8)15-5-4-9(14)7-13/h2-3,6,9,14H,4-5,7,13H2,1H3. The second kappa shape index (κ2) is 5.68. The molecular formula is C11H16FNO2. The molecule has 4 heteroatoms.